The maximum atomic E-state index is 13.2. The van der Waals surface area contributed by atoms with Gasteiger partial charge in [-0.25, -0.2) is 4.39 Å². The third-order valence-corrected chi connectivity index (χ3v) is 6.60. The van der Waals surface area contributed by atoms with E-state index in [0.717, 1.165) is 23.5 Å². The Hall–Kier alpha value is -3.25. The molecule has 0 spiro atoms. The molecule has 5 nitrogen and oxygen atoms in total. The lowest BCUT2D eigenvalue weighted by Gasteiger charge is -2.39. The van der Waals surface area contributed by atoms with Crippen molar-refractivity contribution in [3.8, 4) is 0 Å². The summed E-state index contributed by atoms with van der Waals surface area (Å²) in [5.41, 5.74) is 2.70. The minimum Gasteiger partial charge on any atom is -0.325 e. The van der Waals surface area contributed by atoms with Crippen LogP contribution in [0, 0.1) is 5.82 Å². The van der Waals surface area contributed by atoms with Crippen molar-refractivity contribution >= 4 is 34.8 Å². The summed E-state index contributed by atoms with van der Waals surface area (Å²) < 4.78 is 13.2. The van der Waals surface area contributed by atoms with E-state index in [1.165, 1.54) is 12.1 Å². The Morgan fingerprint density at radius 3 is 2.53 bits per heavy atom. The Bertz CT molecular complexity index is 1210. The lowest BCUT2D eigenvalue weighted by atomic mass is 9.65. The van der Waals surface area contributed by atoms with Crippen LogP contribution in [0.1, 0.15) is 41.0 Å². The fraction of sp³-hybridized carbons (Fsp3) is 0.240. The number of anilines is 2. The Labute approximate surface area is 190 Å². The minimum absolute atomic E-state index is 0.117. The number of aromatic nitrogens is 1. The lowest BCUT2D eigenvalue weighted by molar-refractivity contribution is -0.124. The van der Waals surface area contributed by atoms with E-state index in [1.54, 1.807) is 41.3 Å². The predicted molar refractivity (Wildman–Crippen MR) is 122 cm³/mol. The molecule has 162 valence electrons. The van der Waals surface area contributed by atoms with E-state index in [1.807, 2.05) is 12.1 Å². The molecule has 1 aliphatic heterocycles. The van der Waals surface area contributed by atoms with Gasteiger partial charge in [0.15, 0.2) is 0 Å². The Balaban J connectivity index is 1.40. The molecule has 0 atom stereocenters. The zero-order chi connectivity index (χ0) is 22.3. The number of carbonyl (C=O) groups excluding carboxylic acids is 2. The van der Waals surface area contributed by atoms with Crippen molar-refractivity contribution in [2.45, 2.75) is 31.1 Å². The maximum Gasteiger partial charge on any atom is 0.258 e. The van der Waals surface area contributed by atoms with Crippen LogP contribution in [0.2, 0.25) is 5.02 Å². The Kier molecular flexibility index (Phi) is 5.18. The number of pyridine rings is 1. The first-order chi connectivity index (χ1) is 15.5. The van der Waals surface area contributed by atoms with E-state index in [9.17, 15) is 14.0 Å². The summed E-state index contributed by atoms with van der Waals surface area (Å²) in [4.78, 5) is 32.7. The van der Waals surface area contributed by atoms with Crippen LogP contribution in [0.15, 0.2) is 60.7 Å². The molecule has 1 fully saturated rings. The summed E-state index contributed by atoms with van der Waals surface area (Å²) in [7, 11) is 0. The number of hydrogen-bond acceptors (Lipinski definition) is 3. The molecule has 7 heteroatoms. The van der Waals surface area contributed by atoms with Gasteiger partial charge in [0.05, 0.1) is 22.5 Å². The smallest absolute Gasteiger partial charge is 0.258 e. The fourth-order valence-electron chi connectivity index (χ4n) is 4.43. The van der Waals surface area contributed by atoms with Crippen molar-refractivity contribution in [3.05, 3.63) is 88.5 Å². The highest BCUT2D eigenvalue weighted by Crippen LogP contribution is 2.45. The summed E-state index contributed by atoms with van der Waals surface area (Å²) in [6.07, 6.45) is 2.98. The largest absolute Gasteiger partial charge is 0.325 e. The predicted octanol–water partition coefficient (Wildman–Crippen LogP) is 5.14. The molecule has 1 aromatic heterocycles. The molecule has 1 saturated carbocycles. The van der Waals surface area contributed by atoms with Crippen LogP contribution in [-0.4, -0.2) is 23.3 Å². The van der Waals surface area contributed by atoms with Gasteiger partial charge in [-0.2, -0.15) is 0 Å². The summed E-state index contributed by atoms with van der Waals surface area (Å²) in [6, 6.07) is 16.4. The van der Waals surface area contributed by atoms with E-state index >= 15 is 0 Å². The number of amides is 2. The molecule has 0 unspecified atom stereocenters. The number of benzene rings is 2. The van der Waals surface area contributed by atoms with Crippen LogP contribution in [0.4, 0.5) is 15.8 Å². The number of halogens is 2. The standard InChI is InChI=1S/C25H21ClFN3O2/c26-17-4-1-3-16(15-17)23(31)30-14-11-20-21(30)9-10-22(29-20)25(12-2-13-25)24(32)28-19-7-5-18(27)6-8-19/h1,3-10,15H,2,11-14H2,(H,28,32). The summed E-state index contributed by atoms with van der Waals surface area (Å²) in [5, 5.41) is 3.43. The van der Waals surface area contributed by atoms with Crippen molar-refractivity contribution < 1.29 is 14.0 Å². The van der Waals surface area contributed by atoms with Crippen molar-refractivity contribution in [1.82, 2.24) is 4.98 Å². The first kappa shape index (κ1) is 20.6. The molecule has 0 bridgehead atoms. The van der Waals surface area contributed by atoms with Gasteiger partial charge in [-0.15, -0.1) is 0 Å². The molecule has 5 rings (SSSR count). The fourth-order valence-corrected chi connectivity index (χ4v) is 4.62. The van der Waals surface area contributed by atoms with Crippen LogP contribution >= 0.6 is 11.6 Å². The van der Waals surface area contributed by atoms with E-state index < -0.39 is 5.41 Å². The molecule has 0 radical (unpaired) electrons. The molecule has 2 amide bonds. The topological polar surface area (TPSA) is 62.3 Å². The molecule has 2 aromatic carbocycles. The van der Waals surface area contributed by atoms with Crippen LogP contribution in [0.5, 0.6) is 0 Å². The van der Waals surface area contributed by atoms with Gasteiger partial charge in [0.25, 0.3) is 5.91 Å². The second-order valence-corrected chi connectivity index (χ2v) is 8.71. The molecule has 2 heterocycles. The number of carbonyl (C=O) groups is 2. The first-order valence-corrected chi connectivity index (χ1v) is 11.0. The van der Waals surface area contributed by atoms with Crippen molar-refractivity contribution in [2.24, 2.45) is 0 Å². The van der Waals surface area contributed by atoms with Crippen LogP contribution in [-0.2, 0) is 16.6 Å². The average Bonchev–Trinajstić information content (AvgIpc) is 3.17. The van der Waals surface area contributed by atoms with E-state index in [4.69, 9.17) is 16.6 Å². The molecular weight excluding hydrogens is 429 g/mol. The second kappa shape index (κ2) is 8.02. The van der Waals surface area contributed by atoms with Crippen molar-refractivity contribution in [2.75, 3.05) is 16.8 Å². The van der Waals surface area contributed by atoms with Crippen LogP contribution in [0.25, 0.3) is 0 Å². The van der Waals surface area contributed by atoms with Gasteiger partial charge in [-0.05, 0) is 67.4 Å². The third-order valence-electron chi connectivity index (χ3n) is 6.36. The Morgan fingerprint density at radius 2 is 1.84 bits per heavy atom. The first-order valence-electron chi connectivity index (χ1n) is 10.6. The monoisotopic (exact) mass is 449 g/mol. The molecule has 2 aliphatic rings. The quantitative estimate of drug-likeness (QED) is 0.600. The molecule has 1 aliphatic carbocycles. The number of rotatable bonds is 4. The highest BCUT2D eigenvalue weighted by Gasteiger charge is 2.47. The minimum atomic E-state index is -0.701. The number of fused-ring (bicyclic) bond motifs is 1. The van der Waals surface area contributed by atoms with Crippen LogP contribution < -0.4 is 10.2 Å². The zero-order valence-corrected chi connectivity index (χ0v) is 18.0. The van der Waals surface area contributed by atoms with Crippen LogP contribution in [0.3, 0.4) is 0 Å². The van der Waals surface area contributed by atoms with Crippen molar-refractivity contribution in [1.29, 1.82) is 0 Å². The summed E-state index contributed by atoms with van der Waals surface area (Å²) in [5.74, 6) is -0.598. The Morgan fingerprint density at radius 1 is 1.06 bits per heavy atom. The van der Waals surface area contributed by atoms with Gasteiger partial charge >= 0.3 is 0 Å². The number of nitrogens with zero attached hydrogens (tertiary/aromatic N) is 2. The van der Waals surface area contributed by atoms with Gasteiger partial charge in [-0.3, -0.25) is 14.6 Å². The van der Waals surface area contributed by atoms with Gasteiger partial charge < -0.3 is 10.2 Å². The van der Waals surface area contributed by atoms with Gasteiger partial charge in [0.1, 0.15) is 5.82 Å². The maximum absolute atomic E-state index is 13.2. The highest BCUT2D eigenvalue weighted by molar-refractivity contribution is 6.31. The van der Waals surface area contributed by atoms with E-state index in [-0.39, 0.29) is 17.6 Å². The summed E-state index contributed by atoms with van der Waals surface area (Å²) >= 11 is 6.05. The van der Waals surface area contributed by atoms with E-state index in [2.05, 4.69) is 5.32 Å². The second-order valence-electron chi connectivity index (χ2n) is 8.28. The molecule has 0 saturated heterocycles. The number of hydrogen-bond donors (Lipinski definition) is 1. The SMILES string of the molecule is O=C(c1cccc(Cl)c1)N1CCc2nc(C3(C(=O)Nc4ccc(F)cc4)CCC3)ccc21. The average molecular weight is 450 g/mol. The number of nitrogens with one attached hydrogen (secondary N) is 1. The van der Waals surface area contributed by atoms with Gasteiger partial charge in [0, 0.05) is 29.2 Å². The summed E-state index contributed by atoms with van der Waals surface area (Å²) in [6.45, 7) is 0.534. The van der Waals surface area contributed by atoms with Crippen molar-refractivity contribution in [3.63, 3.8) is 0 Å². The molecule has 1 N–H and O–H groups in total. The zero-order valence-electron chi connectivity index (χ0n) is 17.3. The third kappa shape index (κ3) is 3.54. The highest BCUT2D eigenvalue weighted by atomic mass is 35.5. The molecule has 32 heavy (non-hydrogen) atoms. The van der Waals surface area contributed by atoms with Gasteiger partial charge in [-0.1, -0.05) is 24.1 Å². The normalized spacial score (nSPS) is 16.2. The lowest BCUT2D eigenvalue weighted by Crippen LogP contribution is -2.46. The molecule has 3 aromatic rings. The molecular formula is C25H21ClFN3O2. The van der Waals surface area contributed by atoms with Gasteiger partial charge in [0.2, 0.25) is 5.91 Å². The van der Waals surface area contributed by atoms with E-state index in [0.29, 0.717) is 42.1 Å².